The van der Waals surface area contributed by atoms with Crippen LogP contribution in [0.2, 0.25) is 0 Å². The Hall–Kier alpha value is -0.120. The lowest BCUT2D eigenvalue weighted by Gasteiger charge is -2.40. The van der Waals surface area contributed by atoms with E-state index in [0.717, 1.165) is 19.8 Å². The van der Waals surface area contributed by atoms with E-state index in [9.17, 15) is 0 Å². The Morgan fingerprint density at radius 1 is 1.16 bits per heavy atom. The molecule has 0 aromatic rings. The number of hydrogen-bond donors (Lipinski definition) is 1. The topological polar surface area (TPSA) is 24.5 Å². The molecule has 0 saturated carbocycles. The molecule has 0 spiro atoms. The number of nitrogens with zero attached hydrogens (tertiary/aromatic N) is 1. The predicted octanol–water partition coefficient (Wildman–Crippen LogP) is 2.51. The Kier molecular flexibility index (Phi) is 5.27. The van der Waals surface area contributed by atoms with Gasteiger partial charge in [-0.1, -0.05) is 20.8 Å². The SMILES string of the molecule is CCCNCC1(CN2CCC(C)(C)C2)CCOCC1. The second-order valence-corrected chi connectivity index (χ2v) is 7.41. The molecule has 2 fully saturated rings. The van der Waals surface area contributed by atoms with Crippen LogP contribution in [0.1, 0.15) is 46.5 Å². The van der Waals surface area contributed by atoms with Gasteiger partial charge in [-0.2, -0.15) is 0 Å². The van der Waals surface area contributed by atoms with E-state index < -0.39 is 0 Å². The van der Waals surface area contributed by atoms with Crippen molar-refractivity contribution in [3.8, 4) is 0 Å². The van der Waals surface area contributed by atoms with E-state index in [1.54, 1.807) is 0 Å². The van der Waals surface area contributed by atoms with Crippen molar-refractivity contribution in [3.63, 3.8) is 0 Å². The van der Waals surface area contributed by atoms with Crippen molar-refractivity contribution in [2.75, 3.05) is 45.9 Å². The van der Waals surface area contributed by atoms with Crippen molar-refractivity contribution >= 4 is 0 Å². The van der Waals surface area contributed by atoms with Crippen LogP contribution in [0, 0.1) is 10.8 Å². The van der Waals surface area contributed by atoms with Gasteiger partial charge in [-0.15, -0.1) is 0 Å². The molecule has 2 rings (SSSR count). The molecule has 19 heavy (non-hydrogen) atoms. The monoisotopic (exact) mass is 268 g/mol. The molecule has 112 valence electrons. The lowest BCUT2D eigenvalue weighted by atomic mass is 9.79. The molecule has 3 heteroatoms. The minimum absolute atomic E-state index is 0.452. The van der Waals surface area contributed by atoms with Crippen molar-refractivity contribution in [2.45, 2.75) is 46.5 Å². The molecule has 0 unspecified atom stereocenters. The quantitative estimate of drug-likeness (QED) is 0.749. The van der Waals surface area contributed by atoms with Gasteiger partial charge in [-0.25, -0.2) is 0 Å². The zero-order valence-corrected chi connectivity index (χ0v) is 13.1. The molecule has 0 aromatic heterocycles. The largest absolute Gasteiger partial charge is 0.381 e. The lowest BCUT2D eigenvalue weighted by Crippen LogP contribution is -2.47. The summed E-state index contributed by atoms with van der Waals surface area (Å²) in [4.78, 5) is 2.69. The van der Waals surface area contributed by atoms with E-state index >= 15 is 0 Å². The first kappa shape index (κ1) is 15.3. The Balaban J connectivity index is 1.90. The number of ether oxygens (including phenoxy) is 1. The van der Waals surface area contributed by atoms with Crippen LogP contribution in [0.4, 0.5) is 0 Å². The average Bonchev–Trinajstić information content (AvgIpc) is 2.70. The number of likely N-dealkylation sites (tertiary alicyclic amines) is 1. The molecule has 0 atom stereocenters. The van der Waals surface area contributed by atoms with Crippen molar-refractivity contribution in [2.24, 2.45) is 10.8 Å². The summed E-state index contributed by atoms with van der Waals surface area (Å²) in [6.07, 6.45) is 5.02. The first-order valence-electron chi connectivity index (χ1n) is 8.06. The first-order valence-corrected chi connectivity index (χ1v) is 8.06. The maximum atomic E-state index is 5.59. The molecule has 0 amide bonds. The molecule has 1 N–H and O–H groups in total. The third kappa shape index (κ3) is 4.44. The van der Waals surface area contributed by atoms with Crippen molar-refractivity contribution < 1.29 is 4.74 Å². The summed E-state index contributed by atoms with van der Waals surface area (Å²) in [6, 6.07) is 0. The Bertz CT molecular complexity index is 272. The molecule has 3 nitrogen and oxygen atoms in total. The van der Waals surface area contributed by atoms with E-state index in [2.05, 4.69) is 31.0 Å². The highest BCUT2D eigenvalue weighted by atomic mass is 16.5. The summed E-state index contributed by atoms with van der Waals surface area (Å²) in [5.74, 6) is 0. The predicted molar refractivity (Wildman–Crippen MR) is 80.5 cm³/mol. The van der Waals surface area contributed by atoms with Crippen LogP contribution >= 0.6 is 0 Å². The van der Waals surface area contributed by atoms with E-state index in [4.69, 9.17) is 4.74 Å². The second kappa shape index (κ2) is 6.55. The van der Waals surface area contributed by atoms with Gasteiger partial charge in [0.1, 0.15) is 0 Å². The van der Waals surface area contributed by atoms with Gasteiger partial charge < -0.3 is 15.0 Å². The summed E-state index contributed by atoms with van der Waals surface area (Å²) in [5.41, 5.74) is 0.969. The second-order valence-electron chi connectivity index (χ2n) is 7.41. The van der Waals surface area contributed by atoms with Crippen LogP contribution in [-0.4, -0.2) is 50.8 Å². The summed E-state index contributed by atoms with van der Waals surface area (Å²) >= 11 is 0. The highest BCUT2D eigenvalue weighted by molar-refractivity contribution is 4.91. The number of rotatable bonds is 6. The van der Waals surface area contributed by atoms with Gasteiger partial charge in [-0.05, 0) is 49.6 Å². The zero-order valence-electron chi connectivity index (χ0n) is 13.1. The minimum atomic E-state index is 0.452. The molecule has 2 aliphatic rings. The van der Waals surface area contributed by atoms with Gasteiger partial charge in [0.2, 0.25) is 0 Å². The van der Waals surface area contributed by atoms with Gasteiger partial charge in [0.05, 0.1) is 0 Å². The van der Waals surface area contributed by atoms with Crippen molar-refractivity contribution in [1.82, 2.24) is 10.2 Å². The fraction of sp³-hybridized carbons (Fsp3) is 1.00. The molecule has 0 bridgehead atoms. The Morgan fingerprint density at radius 3 is 2.47 bits per heavy atom. The normalized spacial score (nSPS) is 26.7. The van der Waals surface area contributed by atoms with E-state index in [0.29, 0.717) is 10.8 Å². The first-order chi connectivity index (χ1) is 9.05. The van der Waals surface area contributed by atoms with Gasteiger partial charge in [0.25, 0.3) is 0 Å². The summed E-state index contributed by atoms with van der Waals surface area (Å²) in [5, 5.41) is 3.66. The zero-order chi connectivity index (χ0) is 13.8. The highest BCUT2D eigenvalue weighted by Gasteiger charge is 2.37. The molecule has 0 aromatic carbocycles. The van der Waals surface area contributed by atoms with Crippen molar-refractivity contribution in [1.29, 1.82) is 0 Å². The number of nitrogens with one attached hydrogen (secondary N) is 1. The fourth-order valence-corrected chi connectivity index (χ4v) is 3.56. The Labute approximate surface area is 119 Å². The summed E-state index contributed by atoms with van der Waals surface area (Å²) in [6.45, 7) is 15.1. The van der Waals surface area contributed by atoms with Gasteiger partial charge in [0.15, 0.2) is 0 Å². The molecule has 2 heterocycles. The van der Waals surface area contributed by atoms with Gasteiger partial charge >= 0.3 is 0 Å². The molecular formula is C16H32N2O. The molecule has 0 aliphatic carbocycles. The van der Waals surface area contributed by atoms with Crippen LogP contribution in [0.5, 0.6) is 0 Å². The molecule has 2 aliphatic heterocycles. The van der Waals surface area contributed by atoms with E-state index in [-0.39, 0.29) is 0 Å². The maximum absolute atomic E-state index is 5.59. The smallest absolute Gasteiger partial charge is 0.0472 e. The molecular weight excluding hydrogens is 236 g/mol. The van der Waals surface area contributed by atoms with E-state index in [1.807, 2.05) is 0 Å². The number of hydrogen-bond acceptors (Lipinski definition) is 3. The summed E-state index contributed by atoms with van der Waals surface area (Å²) < 4.78 is 5.59. The van der Waals surface area contributed by atoms with Crippen LogP contribution in [0.3, 0.4) is 0 Å². The summed E-state index contributed by atoms with van der Waals surface area (Å²) in [7, 11) is 0. The van der Waals surface area contributed by atoms with Crippen LogP contribution in [0.25, 0.3) is 0 Å². The van der Waals surface area contributed by atoms with Crippen molar-refractivity contribution in [3.05, 3.63) is 0 Å². The third-order valence-electron chi connectivity index (χ3n) is 4.80. The minimum Gasteiger partial charge on any atom is -0.381 e. The van der Waals surface area contributed by atoms with E-state index in [1.165, 1.54) is 51.9 Å². The van der Waals surface area contributed by atoms with Crippen LogP contribution < -0.4 is 5.32 Å². The standard InChI is InChI=1S/C16H32N2O/c1-4-8-17-12-16(6-10-19-11-7-16)14-18-9-5-15(2,3)13-18/h17H,4-14H2,1-3H3. The highest BCUT2D eigenvalue weighted by Crippen LogP contribution is 2.35. The average molecular weight is 268 g/mol. The fourth-order valence-electron chi connectivity index (χ4n) is 3.56. The Morgan fingerprint density at radius 2 is 1.89 bits per heavy atom. The van der Waals surface area contributed by atoms with Crippen LogP contribution in [0.15, 0.2) is 0 Å². The lowest BCUT2D eigenvalue weighted by molar-refractivity contribution is -0.00199. The maximum Gasteiger partial charge on any atom is 0.0472 e. The van der Waals surface area contributed by atoms with Gasteiger partial charge in [-0.3, -0.25) is 0 Å². The third-order valence-corrected chi connectivity index (χ3v) is 4.80. The van der Waals surface area contributed by atoms with Crippen LogP contribution in [-0.2, 0) is 4.74 Å². The van der Waals surface area contributed by atoms with Gasteiger partial charge in [0, 0.05) is 32.8 Å². The molecule has 2 saturated heterocycles. The molecule has 0 radical (unpaired) electrons.